The number of allylic oxidation sites excluding steroid dienone is 1. The van der Waals surface area contributed by atoms with Gasteiger partial charge in [0.25, 0.3) is 5.91 Å². The summed E-state index contributed by atoms with van der Waals surface area (Å²) in [5.74, 6) is -1.16. The minimum absolute atomic E-state index is 0.0131. The second-order valence-corrected chi connectivity index (χ2v) is 10.1. The third-order valence-electron chi connectivity index (χ3n) is 6.57. The number of pyridine rings is 1. The van der Waals surface area contributed by atoms with Crippen LogP contribution in [-0.4, -0.2) is 35.5 Å². The van der Waals surface area contributed by atoms with E-state index in [-0.39, 0.29) is 11.4 Å². The first-order valence-corrected chi connectivity index (χ1v) is 13.2. The van der Waals surface area contributed by atoms with Crippen LogP contribution in [0.1, 0.15) is 44.9 Å². The number of nitrogens with zero attached hydrogens (tertiary/aromatic N) is 2. The Labute approximate surface area is 228 Å². The standard InChI is InChI=1S/C29H25N3O6S/c1-17-13-24(32(35)36)25(37-2)15-23(17)30-26(33)16-38-29(34)27-20-9-3-4-11-22(20)31-28-18(7-5-10-21(27)28)14-19-8-6-12-39-19/h3-4,6,8-9,11-15H,5,7,10,16H2,1-2H3,(H,30,33)/b18-14-. The molecule has 5 rings (SSSR count). The summed E-state index contributed by atoms with van der Waals surface area (Å²) in [7, 11) is 1.31. The summed E-state index contributed by atoms with van der Waals surface area (Å²) >= 11 is 1.64. The van der Waals surface area contributed by atoms with E-state index in [1.54, 1.807) is 18.3 Å². The van der Waals surface area contributed by atoms with Crippen molar-refractivity contribution in [3.05, 3.63) is 91.3 Å². The van der Waals surface area contributed by atoms with Crippen LogP contribution in [0.2, 0.25) is 0 Å². The van der Waals surface area contributed by atoms with Crippen molar-refractivity contribution < 1.29 is 24.0 Å². The number of esters is 1. The molecule has 0 fully saturated rings. The molecule has 9 nitrogen and oxygen atoms in total. The predicted molar refractivity (Wildman–Crippen MR) is 150 cm³/mol. The van der Waals surface area contributed by atoms with E-state index < -0.39 is 23.4 Å². The highest BCUT2D eigenvalue weighted by Gasteiger charge is 2.27. The normalized spacial score (nSPS) is 13.6. The molecular weight excluding hydrogens is 518 g/mol. The van der Waals surface area contributed by atoms with Crippen LogP contribution < -0.4 is 10.1 Å². The Balaban J connectivity index is 1.41. The van der Waals surface area contributed by atoms with Gasteiger partial charge in [0.15, 0.2) is 12.4 Å². The molecule has 0 saturated carbocycles. The molecule has 10 heteroatoms. The second-order valence-electron chi connectivity index (χ2n) is 9.09. The molecule has 2 aromatic heterocycles. The molecule has 1 N–H and O–H groups in total. The number of anilines is 1. The van der Waals surface area contributed by atoms with E-state index in [9.17, 15) is 19.7 Å². The van der Waals surface area contributed by atoms with Gasteiger partial charge in [0.2, 0.25) is 0 Å². The molecule has 2 aromatic carbocycles. The fourth-order valence-corrected chi connectivity index (χ4v) is 5.44. The lowest BCUT2D eigenvalue weighted by Crippen LogP contribution is -2.23. The van der Waals surface area contributed by atoms with Crippen molar-refractivity contribution in [2.45, 2.75) is 26.2 Å². The van der Waals surface area contributed by atoms with Crippen LogP contribution in [0.5, 0.6) is 5.75 Å². The van der Waals surface area contributed by atoms with Gasteiger partial charge >= 0.3 is 11.7 Å². The van der Waals surface area contributed by atoms with Crippen LogP contribution in [0.4, 0.5) is 11.4 Å². The van der Waals surface area contributed by atoms with E-state index in [0.29, 0.717) is 34.1 Å². The molecule has 0 radical (unpaired) electrons. The van der Waals surface area contributed by atoms with Gasteiger partial charge in [-0.05, 0) is 66.5 Å². The number of hydrogen-bond acceptors (Lipinski definition) is 8. The zero-order chi connectivity index (χ0) is 27.5. The maximum absolute atomic E-state index is 13.5. The number of nitro groups is 1. The zero-order valence-electron chi connectivity index (χ0n) is 21.4. The number of carbonyl (C=O) groups is 2. The Morgan fingerprint density at radius 1 is 1.18 bits per heavy atom. The largest absolute Gasteiger partial charge is 0.490 e. The van der Waals surface area contributed by atoms with Crippen molar-refractivity contribution in [2.24, 2.45) is 0 Å². The number of aromatic nitrogens is 1. The maximum Gasteiger partial charge on any atom is 0.339 e. The van der Waals surface area contributed by atoms with Gasteiger partial charge in [0.05, 0.1) is 28.8 Å². The van der Waals surface area contributed by atoms with E-state index in [0.717, 1.165) is 34.5 Å². The topological polar surface area (TPSA) is 121 Å². The fraction of sp³-hybridized carbons (Fsp3) is 0.207. The van der Waals surface area contributed by atoms with Crippen LogP contribution >= 0.6 is 11.3 Å². The van der Waals surface area contributed by atoms with Crippen molar-refractivity contribution in [3.8, 4) is 5.75 Å². The van der Waals surface area contributed by atoms with Crippen LogP contribution in [0.25, 0.3) is 22.6 Å². The number of nitrogens with one attached hydrogen (secondary N) is 1. The van der Waals surface area contributed by atoms with Crippen LogP contribution in [0.3, 0.4) is 0 Å². The molecular formula is C29H25N3O6S. The van der Waals surface area contributed by atoms with E-state index >= 15 is 0 Å². The molecule has 0 atom stereocenters. The van der Waals surface area contributed by atoms with Gasteiger partial charge < -0.3 is 14.8 Å². The highest BCUT2D eigenvalue weighted by molar-refractivity contribution is 7.10. The van der Waals surface area contributed by atoms with Crippen molar-refractivity contribution in [2.75, 3.05) is 19.0 Å². The summed E-state index contributed by atoms with van der Waals surface area (Å²) in [5.41, 5.74) is 4.38. The van der Waals surface area contributed by atoms with Crippen molar-refractivity contribution in [1.82, 2.24) is 4.98 Å². The number of ether oxygens (including phenoxy) is 2. The van der Waals surface area contributed by atoms with Gasteiger partial charge in [-0.15, -0.1) is 11.3 Å². The lowest BCUT2D eigenvalue weighted by Gasteiger charge is -2.22. The number of methoxy groups -OCH3 is 1. The average molecular weight is 544 g/mol. The van der Waals surface area contributed by atoms with Gasteiger partial charge in [0, 0.05) is 28.1 Å². The number of hydrogen-bond donors (Lipinski definition) is 1. The second kappa shape index (κ2) is 11.0. The van der Waals surface area contributed by atoms with Gasteiger partial charge in [0.1, 0.15) is 0 Å². The first kappa shape index (κ1) is 26.1. The molecule has 4 aromatic rings. The van der Waals surface area contributed by atoms with Gasteiger partial charge in [-0.3, -0.25) is 14.9 Å². The Hall–Kier alpha value is -4.57. The predicted octanol–water partition coefficient (Wildman–Crippen LogP) is 6.19. The van der Waals surface area contributed by atoms with Crippen molar-refractivity contribution >= 4 is 57.1 Å². The maximum atomic E-state index is 13.5. The minimum Gasteiger partial charge on any atom is -0.490 e. The Kier molecular flexibility index (Phi) is 7.38. The van der Waals surface area contributed by atoms with E-state index in [4.69, 9.17) is 14.5 Å². The molecule has 1 aliphatic rings. The Morgan fingerprint density at radius 3 is 2.74 bits per heavy atom. The molecule has 1 amide bonds. The summed E-state index contributed by atoms with van der Waals surface area (Å²) in [6, 6.07) is 14.1. The van der Waals surface area contributed by atoms with Crippen LogP contribution in [-0.2, 0) is 16.0 Å². The Morgan fingerprint density at radius 2 is 2.00 bits per heavy atom. The quantitative estimate of drug-likeness (QED) is 0.167. The molecule has 0 aliphatic heterocycles. The van der Waals surface area contributed by atoms with Crippen molar-refractivity contribution in [1.29, 1.82) is 0 Å². The number of aryl methyl sites for hydroxylation is 1. The van der Waals surface area contributed by atoms with Crippen molar-refractivity contribution in [3.63, 3.8) is 0 Å². The lowest BCUT2D eigenvalue weighted by atomic mass is 9.86. The highest BCUT2D eigenvalue weighted by atomic mass is 32.1. The van der Waals surface area contributed by atoms with Crippen LogP contribution in [0, 0.1) is 17.0 Å². The zero-order valence-corrected chi connectivity index (χ0v) is 22.2. The average Bonchev–Trinajstić information content (AvgIpc) is 3.44. The lowest BCUT2D eigenvalue weighted by molar-refractivity contribution is -0.385. The number of fused-ring (bicyclic) bond motifs is 2. The number of nitro benzene ring substituents is 1. The summed E-state index contributed by atoms with van der Waals surface area (Å²) in [4.78, 5) is 42.9. The molecule has 0 saturated heterocycles. The molecule has 39 heavy (non-hydrogen) atoms. The fourth-order valence-electron chi connectivity index (χ4n) is 4.76. The molecule has 0 spiro atoms. The smallest absolute Gasteiger partial charge is 0.339 e. The Bertz CT molecular complexity index is 1630. The van der Waals surface area contributed by atoms with E-state index in [1.807, 2.05) is 41.8 Å². The summed E-state index contributed by atoms with van der Waals surface area (Å²) in [6.07, 6.45) is 4.51. The summed E-state index contributed by atoms with van der Waals surface area (Å²) in [5, 5.41) is 16.6. The number of amides is 1. The number of thiophene rings is 1. The van der Waals surface area contributed by atoms with E-state index in [1.165, 1.54) is 19.2 Å². The highest BCUT2D eigenvalue weighted by Crippen LogP contribution is 2.37. The summed E-state index contributed by atoms with van der Waals surface area (Å²) < 4.78 is 10.6. The SMILES string of the molecule is COc1cc(NC(=O)COC(=O)c2c3c(nc4ccccc24)/C(=C\c2cccs2)CCC3)c(C)cc1[N+](=O)[O-]. The monoisotopic (exact) mass is 543 g/mol. The third kappa shape index (κ3) is 5.37. The van der Waals surface area contributed by atoms with Gasteiger partial charge in [-0.25, -0.2) is 9.78 Å². The van der Waals surface area contributed by atoms with Gasteiger partial charge in [-0.2, -0.15) is 0 Å². The molecule has 198 valence electrons. The first-order chi connectivity index (χ1) is 18.9. The number of para-hydroxylation sites is 1. The number of benzene rings is 2. The molecule has 2 heterocycles. The summed E-state index contributed by atoms with van der Waals surface area (Å²) in [6.45, 7) is 1.10. The number of carbonyl (C=O) groups excluding carboxylic acids is 2. The molecule has 0 unspecified atom stereocenters. The number of rotatable bonds is 7. The van der Waals surface area contributed by atoms with E-state index in [2.05, 4.69) is 11.4 Å². The van der Waals surface area contributed by atoms with Gasteiger partial charge in [-0.1, -0.05) is 24.3 Å². The molecule has 0 bridgehead atoms. The third-order valence-corrected chi connectivity index (χ3v) is 7.38. The van der Waals surface area contributed by atoms with Crippen LogP contribution in [0.15, 0.2) is 53.9 Å². The first-order valence-electron chi connectivity index (χ1n) is 12.3. The molecule has 1 aliphatic carbocycles. The minimum atomic E-state index is -0.602.